The highest BCUT2D eigenvalue weighted by molar-refractivity contribution is 9.10. The third-order valence-electron chi connectivity index (χ3n) is 3.97. The molecule has 130 valence electrons. The smallest absolute Gasteiger partial charge is 0.365 e. The predicted octanol–water partition coefficient (Wildman–Crippen LogP) is 5.64. The van der Waals surface area contributed by atoms with E-state index in [2.05, 4.69) is 31.2 Å². The number of benzene rings is 2. The number of fused-ring (bicyclic) bond motifs is 1. The van der Waals surface area contributed by atoms with Crippen molar-refractivity contribution in [1.82, 2.24) is 9.97 Å². The Balaban J connectivity index is 1.95. The Hall–Kier alpha value is -2.15. The zero-order chi connectivity index (χ0) is 18.2. The molecule has 3 nitrogen and oxygen atoms in total. The van der Waals surface area contributed by atoms with E-state index in [0.29, 0.717) is 17.2 Å². The maximum absolute atomic E-state index is 13.1. The van der Waals surface area contributed by atoms with Gasteiger partial charge in [-0.2, -0.15) is 13.2 Å². The molecule has 0 aliphatic heterocycles. The van der Waals surface area contributed by atoms with E-state index >= 15 is 0 Å². The SMILES string of the molecule is Cc1nc(NCc2cccc(C(F)(F)F)c2C)c2cc(Br)ccc2n1. The fraction of sp³-hybridized carbons (Fsp3) is 0.222. The van der Waals surface area contributed by atoms with Crippen molar-refractivity contribution in [1.29, 1.82) is 0 Å². The van der Waals surface area contributed by atoms with Gasteiger partial charge in [-0.05, 0) is 49.2 Å². The van der Waals surface area contributed by atoms with Crippen molar-refractivity contribution in [2.24, 2.45) is 0 Å². The lowest BCUT2D eigenvalue weighted by atomic mass is 10.0. The van der Waals surface area contributed by atoms with E-state index in [1.165, 1.54) is 13.0 Å². The number of nitrogens with zero attached hydrogens (tertiary/aromatic N) is 2. The summed E-state index contributed by atoms with van der Waals surface area (Å²) in [5, 5.41) is 3.96. The highest BCUT2D eigenvalue weighted by Crippen LogP contribution is 2.33. The van der Waals surface area contributed by atoms with Crippen molar-refractivity contribution in [3.8, 4) is 0 Å². The summed E-state index contributed by atoms with van der Waals surface area (Å²) in [7, 11) is 0. The molecule has 25 heavy (non-hydrogen) atoms. The molecule has 0 aliphatic carbocycles. The van der Waals surface area contributed by atoms with E-state index in [4.69, 9.17) is 0 Å². The largest absolute Gasteiger partial charge is 0.416 e. The Morgan fingerprint density at radius 3 is 2.56 bits per heavy atom. The third kappa shape index (κ3) is 3.76. The van der Waals surface area contributed by atoms with Gasteiger partial charge in [-0.3, -0.25) is 0 Å². The molecular weight excluding hydrogens is 395 g/mol. The quantitative estimate of drug-likeness (QED) is 0.607. The molecule has 0 atom stereocenters. The van der Waals surface area contributed by atoms with E-state index in [-0.39, 0.29) is 12.1 Å². The lowest BCUT2D eigenvalue weighted by Gasteiger charge is -2.15. The van der Waals surface area contributed by atoms with Gasteiger partial charge in [0.2, 0.25) is 0 Å². The maximum Gasteiger partial charge on any atom is 0.416 e. The van der Waals surface area contributed by atoms with Crippen LogP contribution in [0.25, 0.3) is 10.9 Å². The number of aryl methyl sites for hydroxylation is 1. The minimum absolute atomic E-state index is 0.221. The molecular formula is C18H15BrF3N3. The first kappa shape index (κ1) is 17.7. The molecule has 0 saturated carbocycles. The Morgan fingerprint density at radius 1 is 1.08 bits per heavy atom. The third-order valence-corrected chi connectivity index (χ3v) is 4.46. The van der Waals surface area contributed by atoms with Crippen LogP contribution in [-0.2, 0) is 12.7 Å². The van der Waals surface area contributed by atoms with E-state index < -0.39 is 11.7 Å². The normalized spacial score (nSPS) is 11.8. The first-order valence-electron chi connectivity index (χ1n) is 7.59. The molecule has 0 fully saturated rings. The summed E-state index contributed by atoms with van der Waals surface area (Å²) >= 11 is 3.42. The highest BCUT2D eigenvalue weighted by Gasteiger charge is 2.32. The average Bonchev–Trinajstić information content (AvgIpc) is 2.53. The Morgan fingerprint density at radius 2 is 1.84 bits per heavy atom. The molecule has 3 aromatic rings. The number of rotatable bonds is 3. The molecule has 1 N–H and O–H groups in total. The van der Waals surface area contributed by atoms with Crippen molar-refractivity contribution in [3.63, 3.8) is 0 Å². The predicted molar refractivity (Wildman–Crippen MR) is 95.5 cm³/mol. The van der Waals surface area contributed by atoms with Gasteiger partial charge in [0, 0.05) is 16.4 Å². The van der Waals surface area contributed by atoms with Crippen molar-refractivity contribution in [2.75, 3.05) is 5.32 Å². The molecule has 0 radical (unpaired) electrons. The van der Waals surface area contributed by atoms with E-state index in [0.717, 1.165) is 21.4 Å². The molecule has 1 aromatic heterocycles. The van der Waals surface area contributed by atoms with Gasteiger partial charge in [-0.15, -0.1) is 0 Å². The van der Waals surface area contributed by atoms with Gasteiger partial charge in [0.05, 0.1) is 11.1 Å². The number of anilines is 1. The summed E-state index contributed by atoms with van der Waals surface area (Å²) in [4.78, 5) is 8.77. The van der Waals surface area contributed by atoms with Crippen molar-refractivity contribution < 1.29 is 13.2 Å². The molecule has 0 aliphatic rings. The van der Waals surface area contributed by atoms with Crippen LogP contribution in [0.4, 0.5) is 19.0 Å². The van der Waals surface area contributed by atoms with Crippen LogP contribution in [0.2, 0.25) is 0 Å². The standard InChI is InChI=1S/C18H15BrF3N3/c1-10-12(4-3-5-15(10)18(20,21)22)9-23-17-14-8-13(19)6-7-16(14)24-11(2)25-17/h3-8H,9H2,1-2H3,(H,23,24,25). The molecule has 0 saturated heterocycles. The summed E-state index contributed by atoms with van der Waals surface area (Å²) in [6.45, 7) is 3.51. The topological polar surface area (TPSA) is 37.8 Å². The maximum atomic E-state index is 13.1. The summed E-state index contributed by atoms with van der Waals surface area (Å²) < 4.78 is 40.0. The Labute approximate surface area is 151 Å². The van der Waals surface area contributed by atoms with E-state index in [9.17, 15) is 13.2 Å². The lowest BCUT2D eigenvalue weighted by molar-refractivity contribution is -0.138. The van der Waals surface area contributed by atoms with Gasteiger partial charge < -0.3 is 5.32 Å². The van der Waals surface area contributed by atoms with Crippen LogP contribution >= 0.6 is 15.9 Å². The summed E-state index contributed by atoms with van der Waals surface area (Å²) in [5.41, 5.74) is 0.963. The lowest BCUT2D eigenvalue weighted by Crippen LogP contribution is -2.11. The molecule has 0 spiro atoms. The zero-order valence-corrected chi connectivity index (χ0v) is 15.2. The van der Waals surface area contributed by atoms with Crippen molar-refractivity contribution in [3.05, 3.63) is 63.4 Å². The van der Waals surface area contributed by atoms with E-state index in [1.54, 1.807) is 13.0 Å². The van der Waals surface area contributed by atoms with Gasteiger partial charge in [0.1, 0.15) is 11.6 Å². The first-order valence-corrected chi connectivity index (χ1v) is 8.38. The van der Waals surface area contributed by atoms with Crippen LogP contribution in [0.5, 0.6) is 0 Å². The summed E-state index contributed by atoms with van der Waals surface area (Å²) in [5.74, 6) is 1.19. The molecule has 1 heterocycles. The van der Waals surface area contributed by atoms with Crippen LogP contribution < -0.4 is 5.32 Å². The van der Waals surface area contributed by atoms with Crippen LogP contribution in [0.1, 0.15) is 22.5 Å². The molecule has 2 aromatic carbocycles. The van der Waals surface area contributed by atoms with Crippen molar-refractivity contribution in [2.45, 2.75) is 26.6 Å². The Kier molecular flexibility index (Phi) is 4.69. The highest BCUT2D eigenvalue weighted by atomic mass is 79.9. The molecule has 3 rings (SSSR count). The second-order valence-electron chi connectivity index (χ2n) is 5.72. The second-order valence-corrected chi connectivity index (χ2v) is 6.64. The van der Waals surface area contributed by atoms with Gasteiger partial charge in [0.25, 0.3) is 0 Å². The minimum Gasteiger partial charge on any atom is -0.365 e. The number of alkyl halides is 3. The number of hydrogen-bond donors (Lipinski definition) is 1. The number of nitrogens with one attached hydrogen (secondary N) is 1. The fourth-order valence-electron chi connectivity index (χ4n) is 2.71. The van der Waals surface area contributed by atoms with Crippen LogP contribution in [-0.4, -0.2) is 9.97 Å². The minimum atomic E-state index is -4.36. The molecule has 0 amide bonds. The van der Waals surface area contributed by atoms with Gasteiger partial charge in [0.15, 0.2) is 0 Å². The molecule has 7 heteroatoms. The zero-order valence-electron chi connectivity index (χ0n) is 13.6. The number of aromatic nitrogens is 2. The van der Waals surface area contributed by atoms with Gasteiger partial charge in [-0.1, -0.05) is 28.1 Å². The fourth-order valence-corrected chi connectivity index (χ4v) is 3.07. The molecule has 0 unspecified atom stereocenters. The van der Waals surface area contributed by atoms with Crippen molar-refractivity contribution >= 4 is 32.7 Å². The number of halogens is 4. The van der Waals surface area contributed by atoms with Crippen LogP contribution in [0.15, 0.2) is 40.9 Å². The summed E-state index contributed by atoms with van der Waals surface area (Å²) in [6, 6.07) is 9.84. The van der Waals surface area contributed by atoms with Crippen LogP contribution in [0, 0.1) is 13.8 Å². The Bertz CT molecular complexity index is 939. The van der Waals surface area contributed by atoms with Gasteiger partial charge >= 0.3 is 6.18 Å². The second kappa shape index (κ2) is 6.63. The van der Waals surface area contributed by atoms with Crippen LogP contribution in [0.3, 0.4) is 0 Å². The monoisotopic (exact) mass is 409 g/mol. The number of hydrogen-bond acceptors (Lipinski definition) is 3. The van der Waals surface area contributed by atoms with E-state index in [1.807, 2.05) is 18.2 Å². The average molecular weight is 410 g/mol. The molecule has 0 bridgehead atoms. The van der Waals surface area contributed by atoms with Gasteiger partial charge in [-0.25, -0.2) is 9.97 Å². The first-order chi connectivity index (χ1) is 11.8. The summed E-state index contributed by atoms with van der Waals surface area (Å²) in [6.07, 6.45) is -4.36.